The molecule has 1 aromatic rings. The van der Waals surface area contributed by atoms with E-state index in [0.717, 1.165) is 6.07 Å². The Balaban J connectivity index is 3.15. The first-order valence-electron chi connectivity index (χ1n) is 2.96. The van der Waals surface area contributed by atoms with Crippen molar-refractivity contribution in [3.8, 4) is 0 Å². The second-order valence-corrected chi connectivity index (χ2v) is 2.11. The van der Waals surface area contributed by atoms with Crippen molar-refractivity contribution >= 4 is 5.97 Å². The van der Waals surface area contributed by atoms with Crippen molar-refractivity contribution in [1.29, 1.82) is 0 Å². The molecule has 1 aromatic carbocycles. The minimum Gasteiger partial charge on any atom is -0.478 e. The second-order valence-electron chi connectivity index (χ2n) is 2.11. The molecule has 0 heterocycles. The summed E-state index contributed by atoms with van der Waals surface area (Å²) in [5, 5.41) is 8.45. The van der Waals surface area contributed by atoms with Crippen LogP contribution in [-0.4, -0.2) is 11.1 Å². The number of carbonyl (C=O) groups is 1. The Labute approximate surface area is 63.3 Å². The molecule has 1 rings (SSSR count). The van der Waals surface area contributed by atoms with Crippen LogP contribution in [0.3, 0.4) is 0 Å². The van der Waals surface area contributed by atoms with Crippen LogP contribution in [0.25, 0.3) is 0 Å². The van der Waals surface area contributed by atoms with Crippen LogP contribution in [-0.2, 0) is 0 Å². The molecule has 0 amide bonds. The van der Waals surface area contributed by atoms with Gasteiger partial charge in [0.2, 0.25) is 0 Å². The molecule has 3 heteroatoms. The Kier molecular flexibility index (Phi) is 1.89. The van der Waals surface area contributed by atoms with Gasteiger partial charge in [0, 0.05) is 0 Å². The molecular formula is C8H6FO2. The number of carboxylic acids is 1. The number of benzene rings is 1. The van der Waals surface area contributed by atoms with E-state index in [9.17, 15) is 9.18 Å². The summed E-state index contributed by atoms with van der Waals surface area (Å²) >= 11 is 0. The molecule has 0 fully saturated rings. The van der Waals surface area contributed by atoms with Crippen LogP contribution in [0.2, 0.25) is 0 Å². The SMILES string of the molecule is [CH2]c1cc(C(=O)O)ccc1F. The molecule has 57 valence electrons. The predicted octanol–water partition coefficient (Wildman–Crippen LogP) is 1.71. The van der Waals surface area contributed by atoms with Gasteiger partial charge in [-0.3, -0.25) is 0 Å². The topological polar surface area (TPSA) is 37.3 Å². The summed E-state index contributed by atoms with van der Waals surface area (Å²) in [5.74, 6) is -1.56. The van der Waals surface area contributed by atoms with E-state index in [1.165, 1.54) is 12.1 Å². The molecule has 2 nitrogen and oxygen atoms in total. The lowest BCUT2D eigenvalue weighted by Crippen LogP contribution is -1.97. The standard InChI is InChI=1S/C8H6FO2/c1-5-4-6(8(10)11)2-3-7(5)9/h2-4H,1H2,(H,10,11). The first-order chi connectivity index (χ1) is 5.11. The van der Waals surface area contributed by atoms with Crippen LogP contribution in [0.5, 0.6) is 0 Å². The van der Waals surface area contributed by atoms with Crippen LogP contribution in [0.15, 0.2) is 18.2 Å². The molecule has 1 N–H and O–H groups in total. The monoisotopic (exact) mass is 153 g/mol. The Morgan fingerprint density at radius 2 is 2.18 bits per heavy atom. The lowest BCUT2D eigenvalue weighted by molar-refractivity contribution is 0.0697. The first-order valence-corrected chi connectivity index (χ1v) is 2.96. The van der Waals surface area contributed by atoms with E-state index in [-0.39, 0.29) is 11.1 Å². The quantitative estimate of drug-likeness (QED) is 0.666. The molecule has 0 aliphatic rings. The van der Waals surface area contributed by atoms with Gasteiger partial charge in [-0.1, -0.05) is 0 Å². The zero-order valence-electron chi connectivity index (χ0n) is 5.67. The highest BCUT2D eigenvalue weighted by molar-refractivity contribution is 5.87. The summed E-state index contributed by atoms with van der Waals surface area (Å²) < 4.78 is 12.5. The molecular weight excluding hydrogens is 147 g/mol. The summed E-state index contributed by atoms with van der Waals surface area (Å²) in [6.45, 7) is 3.32. The number of rotatable bonds is 1. The van der Waals surface area contributed by atoms with E-state index in [4.69, 9.17) is 5.11 Å². The third-order valence-corrected chi connectivity index (χ3v) is 1.29. The zero-order chi connectivity index (χ0) is 8.43. The number of aromatic carboxylic acids is 1. The zero-order valence-corrected chi connectivity index (χ0v) is 5.67. The van der Waals surface area contributed by atoms with E-state index >= 15 is 0 Å². The predicted molar refractivity (Wildman–Crippen MR) is 37.8 cm³/mol. The third kappa shape index (κ3) is 1.55. The number of carboxylic acid groups (broad SMARTS) is 1. The van der Waals surface area contributed by atoms with Crippen molar-refractivity contribution in [3.05, 3.63) is 42.1 Å². The molecule has 11 heavy (non-hydrogen) atoms. The van der Waals surface area contributed by atoms with Crippen molar-refractivity contribution in [2.75, 3.05) is 0 Å². The normalized spacial score (nSPS) is 9.64. The lowest BCUT2D eigenvalue weighted by atomic mass is 10.1. The maximum absolute atomic E-state index is 12.5. The number of hydrogen-bond donors (Lipinski definition) is 1. The molecule has 0 atom stereocenters. The fraction of sp³-hybridized carbons (Fsp3) is 0. The molecule has 0 aliphatic carbocycles. The van der Waals surface area contributed by atoms with Crippen LogP contribution < -0.4 is 0 Å². The van der Waals surface area contributed by atoms with Crippen molar-refractivity contribution < 1.29 is 14.3 Å². The summed E-state index contributed by atoms with van der Waals surface area (Å²) in [7, 11) is 0. The van der Waals surface area contributed by atoms with Gasteiger partial charge < -0.3 is 5.11 Å². The summed E-state index contributed by atoms with van der Waals surface area (Å²) in [5.41, 5.74) is 0.154. The van der Waals surface area contributed by atoms with Gasteiger partial charge >= 0.3 is 5.97 Å². The summed E-state index contributed by atoms with van der Waals surface area (Å²) in [6, 6.07) is 3.48. The Morgan fingerprint density at radius 3 is 2.64 bits per heavy atom. The first kappa shape index (κ1) is 7.72. The van der Waals surface area contributed by atoms with E-state index in [1.807, 2.05) is 0 Å². The van der Waals surface area contributed by atoms with E-state index in [0.29, 0.717) is 0 Å². The maximum Gasteiger partial charge on any atom is 0.335 e. The molecule has 0 aromatic heterocycles. The Morgan fingerprint density at radius 1 is 1.55 bits per heavy atom. The van der Waals surface area contributed by atoms with Gasteiger partial charge in [0.25, 0.3) is 0 Å². The molecule has 0 saturated heterocycles. The van der Waals surface area contributed by atoms with Crippen LogP contribution in [0.1, 0.15) is 15.9 Å². The Hall–Kier alpha value is -1.38. The van der Waals surface area contributed by atoms with Gasteiger partial charge in [-0.05, 0) is 30.7 Å². The highest BCUT2D eigenvalue weighted by atomic mass is 19.1. The van der Waals surface area contributed by atoms with Crippen LogP contribution in [0, 0.1) is 12.7 Å². The smallest absolute Gasteiger partial charge is 0.335 e. The second kappa shape index (κ2) is 2.70. The van der Waals surface area contributed by atoms with Gasteiger partial charge in [0.1, 0.15) is 5.82 Å². The van der Waals surface area contributed by atoms with Gasteiger partial charge in [-0.15, -0.1) is 0 Å². The molecule has 0 unspecified atom stereocenters. The van der Waals surface area contributed by atoms with Crippen LogP contribution in [0.4, 0.5) is 4.39 Å². The largest absolute Gasteiger partial charge is 0.478 e. The summed E-state index contributed by atoms with van der Waals surface area (Å²) in [4.78, 5) is 10.3. The van der Waals surface area contributed by atoms with Gasteiger partial charge in [-0.2, -0.15) is 0 Å². The van der Waals surface area contributed by atoms with Crippen molar-refractivity contribution in [3.63, 3.8) is 0 Å². The lowest BCUT2D eigenvalue weighted by Gasteiger charge is -1.96. The molecule has 0 aliphatic heterocycles. The van der Waals surface area contributed by atoms with Crippen molar-refractivity contribution in [2.24, 2.45) is 0 Å². The van der Waals surface area contributed by atoms with Gasteiger partial charge in [-0.25, -0.2) is 9.18 Å². The third-order valence-electron chi connectivity index (χ3n) is 1.29. The molecule has 1 radical (unpaired) electrons. The Bertz CT molecular complexity index is 294. The highest BCUT2D eigenvalue weighted by Crippen LogP contribution is 2.08. The van der Waals surface area contributed by atoms with E-state index < -0.39 is 11.8 Å². The van der Waals surface area contributed by atoms with Crippen molar-refractivity contribution in [1.82, 2.24) is 0 Å². The van der Waals surface area contributed by atoms with Crippen LogP contribution >= 0.6 is 0 Å². The highest BCUT2D eigenvalue weighted by Gasteiger charge is 2.04. The minimum absolute atomic E-state index is 0.0522. The average molecular weight is 153 g/mol. The fourth-order valence-electron chi connectivity index (χ4n) is 0.708. The van der Waals surface area contributed by atoms with E-state index in [1.54, 1.807) is 0 Å². The minimum atomic E-state index is -1.07. The van der Waals surface area contributed by atoms with Gasteiger partial charge in [0.05, 0.1) is 5.56 Å². The molecule has 0 spiro atoms. The average Bonchev–Trinajstić information content (AvgIpc) is 1.94. The number of hydrogen-bond acceptors (Lipinski definition) is 1. The van der Waals surface area contributed by atoms with Crippen molar-refractivity contribution in [2.45, 2.75) is 0 Å². The number of halogens is 1. The molecule has 0 bridgehead atoms. The molecule has 0 saturated carbocycles. The fourth-order valence-corrected chi connectivity index (χ4v) is 0.708. The van der Waals surface area contributed by atoms with Gasteiger partial charge in [0.15, 0.2) is 0 Å². The van der Waals surface area contributed by atoms with E-state index in [2.05, 4.69) is 6.92 Å². The maximum atomic E-state index is 12.5. The summed E-state index contributed by atoms with van der Waals surface area (Å²) in [6.07, 6.45) is 0.